The van der Waals surface area contributed by atoms with Crippen molar-refractivity contribution in [2.24, 2.45) is 7.05 Å². The molecule has 160 valence electrons. The second-order valence-electron chi connectivity index (χ2n) is 8.11. The van der Waals surface area contributed by atoms with Crippen LogP contribution in [0, 0.1) is 0 Å². The van der Waals surface area contributed by atoms with Gasteiger partial charge in [-0.25, -0.2) is 9.97 Å². The van der Waals surface area contributed by atoms with Crippen LogP contribution < -0.4 is 10.2 Å². The summed E-state index contributed by atoms with van der Waals surface area (Å²) in [5.41, 5.74) is 3.66. The minimum Gasteiger partial charge on any atom is -0.390 e. The molecule has 0 amide bonds. The van der Waals surface area contributed by atoms with E-state index in [0.717, 1.165) is 31.7 Å². The number of aromatic nitrogens is 6. The van der Waals surface area contributed by atoms with E-state index in [9.17, 15) is 5.11 Å². The predicted molar refractivity (Wildman–Crippen MR) is 119 cm³/mol. The molecule has 5 heterocycles. The summed E-state index contributed by atoms with van der Waals surface area (Å²) in [5.74, 6) is 0.721. The fraction of sp³-hybridized carbons (Fsp3) is 0.400. The Balaban J connectivity index is 1.52. The maximum atomic E-state index is 10.1. The number of rotatable bonds is 3. The van der Waals surface area contributed by atoms with Gasteiger partial charge in [-0.2, -0.15) is 10.2 Å². The zero-order valence-electron chi connectivity index (χ0n) is 16.7. The molecule has 0 unspecified atom stereocenters. The molecule has 2 aliphatic heterocycles. The monoisotopic (exact) mass is 458 g/mol. The number of benzene rings is 1. The minimum absolute atomic E-state index is 0.201. The molecule has 0 saturated carbocycles. The molecule has 31 heavy (non-hydrogen) atoms. The molecule has 3 N–H and O–H groups in total. The number of anilines is 1. The first-order chi connectivity index (χ1) is 15.1. The highest BCUT2D eigenvalue weighted by molar-refractivity contribution is 6.43. The second kappa shape index (κ2) is 7.03. The average Bonchev–Trinajstić information content (AvgIpc) is 3.39. The molecule has 0 spiro atoms. The van der Waals surface area contributed by atoms with Gasteiger partial charge in [0.15, 0.2) is 5.82 Å². The number of aliphatic hydroxyl groups is 1. The van der Waals surface area contributed by atoms with Crippen LogP contribution in [0.5, 0.6) is 0 Å². The number of H-pyrrole nitrogens is 1. The summed E-state index contributed by atoms with van der Waals surface area (Å²) < 4.78 is 1.59. The van der Waals surface area contributed by atoms with Gasteiger partial charge in [-0.15, -0.1) is 0 Å². The van der Waals surface area contributed by atoms with Crippen LogP contribution in [0.1, 0.15) is 18.5 Å². The van der Waals surface area contributed by atoms with Crippen LogP contribution in [0.25, 0.3) is 33.3 Å². The molecule has 4 aromatic rings. The summed E-state index contributed by atoms with van der Waals surface area (Å²) >= 11 is 13.1. The first-order valence-corrected chi connectivity index (χ1v) is 11.0. The van der Waals surface area contributed by atoms with Gasteiger partial charge >= 0.3 is 0 Å². The maximum absolute atomic E-state index is 10.1. The fourth-order valence-electron chi connectivity index (χ4n) is 4.89. The Morgan fingerprint density at radius 1 is 1.16 bits per heavy atom. The van der Waals surface area contributed by atoms with Crippen LogP contribution in [0.3, 0.4) is 0 Å². The molecule has 2 atom stereocenters. The molecular formula is C20H20Cl2N8O. The van der Waals surface area contributed by atoms with E-state index in [1.807, 2.05) is 12.1 Å². The molecule has 11 heteroatoms. The molecule has 2 aliphatic rings. The van der Waals surface area contributed by atoms with Gasteiger partial charge in [0, 0.05) is 37.8 Å². The van der Waals surface area contributed by atoms with E-state index in [2.05, 4.69) is 25.5 Å². The van der Waals surface area contributed by atoms with Crippen LogP contribution in [-0.2, 0) is 13.7 Å². The van der Waals surface area contributed by atoms with E-state index in [0.29, 0.717) is 61.3 Å². The second-order valence-corrected chi connectivity index (χ2v) is 8.84. The van der Waals surface area contributed by atoms with Crippen molar-refractivity contribution >= 4 is 51.1 Å². The van der Waals surface area contributed by atoms with Gasteiger partial charge in [-0.3, -0.25) is 9.78 Å². The number of aromatic amines is 1. The van der Waals surface area contributed by atoms with E-state index < -0.39 is 0 Å². The van der Waals surface area contributed by atoms with Crippen LogP contribution >= 0.6 is 23.2 Å². The highest BCUT2D eigenvalue weighted by Crippen LogP contribution is 2.40. The van der Waals surface area contributed by atoms with Crippen LogP contribution in [0.4, 0.5) is 5.82 Å². The minimum atomic E-state index is -0.201. The van der Waals surface area contributed by atoms with Crippen molar-refractivity contribution in [1.82, 2.24) is 35.3 Å². The van der Waals surface area contributed by atoms with Gasteiger partial charge in [0.05, 0.1) is 28.2 Å². The smallest absolute Gasteiger partial charge is 0.202 e. The molecule has 2 bridgehead atoms. The first kappa shape index (κ1) is 19.2. The van der Waals surface area contributed by atoms with Crippen molar-refractivity contribution in [3.8, 4) is 11.3 Å². The Kier molecular flexibility index (Phi) is 4.36. The molecule has 1 aromatic carbocycles. The molecule has 2 saturated heterocycles. The summed E-state index contributed by atoms with van der Waals surface area (Å²) in [6.45, 7) is 1.62. The summed E-state index contributed by atoms with van der Waals surface area (Å²) in [7, 11) is 1.77. The standard InChI is InChI=1S/C20H20Cl2N8O/c1-29-18(22)14-12(28-29)5-4-11(15(14)21)16-17-19(27-26-16)25-20(13(8-31)24-17)30-9-2-3-10(30)7-23-6-9/h4-5,9-10,23,31H,2-3,6-8H2,1H3,(H,25,26,27)/t9-,10+. The molecule has 0 aliphatic carbocycles. The number of hydrogen-bond donors (Lipinski definition) is 3. The van der Waals surface area contributed by atoms with E-state index in [1.165, 1.54) is 0 Å². The third-order valence-electron chi connectivity index (χ3n) is 6.35. The molecule has 9 nitrogen and oxygen atoms in total. The molecule has 0 radical (unpaired) electrons. The first-order valence-electron chi connectivity index (χ1n) is 10.2. The predicted octanol–water partition coefficient (Wildman–Crippen LogP) is 2.65. The number of piperazine rings is 1. The average molecular weight is 459 g/mol. The topological polar surface area (TPSA) is 108 Å². The van der Waals surface area contributed by atoms with Crippen molar-refractivity contribution < 1.29 is 5.11 Å². The number of fused-ring (bicyclic) bond motifs is 4. The summed E-state index contributed by atoms with van der Waals surface area (Å²) in [4.78, 5) is 11.9. The summed E-state index contributed by atoms with van der Waals surface area (Å²) in [6.07, 6.45) is 2.21. The lowest BCUT2D eigenvalue weighted by molar-refractivity contribution is 0.276. The maximum Gasteiger partial charge on any atom is 0.202 e. The van der Waals surface area contributed by atoms with E-state index in [4.69, 9.17) is 33.2 Å². The lowest BCUT2D eigenvalue weighted by Crippen LogP contribution is -2.52. The van der Waals surface area contributed by atoms with Crippen molar-refractivity contribution in [3.63, 3.8) is 0 Å². The Bertz CT molecular complexity index is 1320. The molecule has 3 aromatic heterocycles. The zero-order chi connectivity index (χ0) is 21.3. The van der Waals surface area contributed by atoms with Crippen LogP contribution in [0.15, 0.2) is 12.1 Å². The quantitative estimate of drug-likeness (QED) is 0.432. The lowest BCUT2D eigenvalue weighted by atomic mass is 10.1. The zero-order valence-corrected chi connectivity index (χ0v) is 18.2. The SMILES string of the molecule is Cn1nc2ccc(-c3[nH]nc4nc(N5[C@@H]6CC[C@H]5CNC6)c(CO)nc34)c(Cl)c2c1Cl. The van der Waals surface area contributed by atoms with Crippen LogP contribution in [0.2, 0.25) is 10.2 Å². The van der Waals surface area contributed by atoms with Crippen molar-refractivity contribution in [3.05, 3.63) is 28.0 Å². The number of nitrogens with one attached hydrogen (secondary N) is 2. The Hall–Kier alpha value is -2.46. The van der Waals surface area contributed by atoms with Crippen molar-refractivity contribution in [1.29, 1.82) is 0 Å². The summed E-state index contributed by atoms with van der Waals surface area (Å²) in [6, 6.07) is 4.45. The van der Waals surface area contributed by atoms with Crippen molar-refractivity contribution in [2.75, 3.05) is 18.0 Å². The number of nitrogens with zero attached hydrogens (tertiary/aromatic N) is 6. The number of aryl methyl sites for hydroxylation is 1. The van der Waals surface area contributed by atoms with Gasteiger partial charge in [0.25, 0.3) is 0 Å². The normalized spacial score (nSPS) is 21.0. The highest BCUT2D eigenvalue weighted by atomic mass is 35.5. The molecule has 2 fully saturated rings. The van der Waals surface area contributed by atoms with Gasteiger partial charge in [-0.1, -0.05) is 23.2 Å². The number of hydrogen-bond acceptors (Lipinski definition) is 7. The lowest BCUT2D eigenvalue weighted by Gasteiger charge is -2.36. The van der Waals surface area contributed by atoms with Crippen molar-refractivity contribution in [2.45, 2.75) is 31.5 Å². The Labute approximate surface area is 187 Å². The highest BCUT2D eigenvalue weighted by Gasteiger charge is 2.39. The van der Waals surface area contributed by atoms with Crippen LogP contribution in [-0.4, -0.2) is 60.2 Å². The van der Waals surface area contributed by atoms with Gasteiger partial charge in [0.1, 0.15) is 16.4 Å². The van der Waals surface area contributed by atoms with E-state index in [1.54, 1.807) is 11.7 Å². The van der Waals surface area contributed by atoms with Gasteiger partial charge < -0.3 is 15.3 Å². The molecular weight excluding hydrogens is 439 g/mol. The Morgan fingerprint density at radius 2 is 1.94 bits per heavy atom. The van der Waals surface area contributed by atoms with E-state index >= 15 is 0 Å². The number of halogens is 2. The summed E-state index contributed by atoms with van der Waals surface area (Å²) in [5, 5.41) is 27.0. The Morgan fingerprint density at radius 3 is 2.68 bits per heavy atom. The number of aliphatic hydroxyl groups excluding tert-OH is 1. The third-order valence-corrected chi connectivity index (χ3v) is 7.18. The third kappa shape index (κ3) is 2.77. The largest absolute Gasteiger partial charge is 0.390 e. The van der Waals surface area contributed by atoms with E-state index in [-0.39, 0.29) is 6.61 Å². The fourth-order valence-corrected chi connectivity index (χ4v) is 5.51. The molecule has 6 rings (SSSR count). The van der Waals surface area contributed by atoms with Gasteiger partial charge in [-0.05, 0) is 25.0 Å². The van der Waals surface area contributed by atoms with Gasteiger partial charge in [0.2, 0.25) is 5.65 Å².